The molecule has 1 N–H and O–H groups in total. The van der Waals surface area contributed by atoms with Crippen molar-refractivity contribution in [2.24, 2.45) is 0 Å². The van der Waals surface area contributed by atoms with Crippen LogP contribution in [0.4, 0.5) is 4.39 Å². The van der Waals surface area contributed by atoms with Crippen molar-refractivity contribution in [2.45, 2.75) is 45.1 Å². The Morgan fingerprint density at radius 1 is 1.22 bits per heavy atom. The number of furan rings is 1. The van der Waals surface area contributed by atoms with E-state index in [0.29, 0.717) is 69.6 Å². The summed E-state index contributed by atoms with van der Waals surface area (Å²) in [6.45, 7) is 4.70. The predicted molar refractivity (Wildman–Crippen MR) is 137 cm³/mol. The molecule has 1 fully saturated rings. The van der Waals surface area contributed by atoms with Gasteiger partial charge in [-0.15, -0.1) is 11.3 Å². The van der Waals surface area contributed by atoms with Gasteiger partial charge in [0.1, 0.15) is 40.0 Å². The summed E-state index contributed by atoms with van der Waals surface area (Å²) >= 11 is 2.70. The number of halogens is 1. The minimum Gasteiger partial charge on any atom is -0.496 e. The molecule has 194 valence electrons. The third-order valence-corrected chi connectivity index (χ3v) is 8.72. The average molecular weight is 545 g/mol. The molecular formula is C25H25FN4O5S2. The van der Waals surface area contributed by atoms with Crippen LogP contribution in [-0.2, 0) is 16.9 Å². The Kier molecular flexibility index (Phi) is 6.14. The fourth-order valence-corrected chi connectivity index (χ4v) is 6.14. The molecule has 6 rings (SSSR count). The van der Waals surface area contributed by atoms with Gasteiger partial charge in [0.15, 0.2) is 16.9 Å². The van der Waals surface area contributed by atoms with Gasteiger partial charge in [-0.05, 0) is 19.9 Å². The number of fused-ring (bicyclic) bond motifs is 2. The summed E-state index contributed by atoms with van der Waals surface area (Å²) in [6.07, 6.45) is 1.63. The summed E-state index contributed by atoms with van der Waals surface area (Å²) in [5.74, 6) is 1.70. The van der Waals surface area contributed by atoms with Crippen molar-refractivity contribution >= 4 is 38.6 Å². The Balaban J connectivity index is 1.29. The van der Waals surface area contributed by atoms with Crippen LogP contribution in [0.2, 0.25) is 0 Å². The van der Waals surface area contributed by atoms with Crippen LogP contribution in [0.5, 0.6) is 11.5 Å². The SMILES string of the molecule is COc1cc(OCc2nc(C3(O)CCOCC3)sc2C)c2cc(-c3cn4nc(C(C)F)sc4n3)oc2c1. The molecule has 0 amide bonds. The summed E-state index contributed by atoms with van der Waals surface area (Å²) in [4.78, 5) is 10.9. The van der Waals surface area contributed by atoms with Crippen molar-refractivity contribution in [1.29, 1.82) is 0 Å². The Bertz CT molecular complexity index is 1550. The van der Waals surface area contributed by atoms with E-state index in [0.717, 1.165) is 16.0 Å². The maximum absolute atomic E-state index is 13.6. The molecule has 1 saturated heterocycles. The molecule has 4 aromatic heterocycles. The summed E-state index contributed by atoms with van der Waals surface area (Å²) in [5, 5.41) is 17.1. The minimum atomic E-state index is -1.15. The third-order valence-electron chi connectivity index (χ3n) is 6.44. The van der Waals surface area contributed by atoms with Crippen LogP contribution >= 0.6 is 22.7 Å². The zero-order valence-electron chi connectivity index (χ0n) is 20.5. The first-order valence-electron chi connectivity index (χ1n) is 11.8. The second kappa shape index (κ2) is 9.35. The van der Waals surface area contributed by atoms with Gasteiger partial charge in [-0.1, -0.05) is 11.3 Å². The number of rotatable bonds is 7. The Labute approximate surface area is 219 Å². The number of benzene rings is 1. The monoisotopic (exact) mass is 544 g/mol. The van der Waals surface area contributed by atoms with Gasteiger partial charge >= 0.3 is 0 Å². The average Bonchev–Trinajstić information content (AvgIpc) is 3.64. The molecular weight excluding hydrogens is 519 g/mol. The first-order valence-corrected chi connectivity index (χ1v) is 13.5. The fourth-order valence-electron chi connectivity index (χ4n) is 4.27. The largest absolute Gasteiger partial charge is 0.496 e. The zero-order valence-corrected chi connectivity index (χ0v) is 22.1. The summed E-state index contributed by atoms with van der Waals surface area (Å²) in [7, 11) is 1.58. The molecule has 0 saturated carbocycles. The maximum Gasteiger partial charge on any atom is 0.212 e. The molecule has 0 aliphatic carbocycles. The molecule has 0 spiro atoms. The zero-order chi connectivity index (χ0) is 25.7. The Hall–Kier alpha value is -3.06. The number of aromatic nitrogens is 4. The minimum absolute atomic E-state index is 0.228. The van der Waals surface area contributed by atoms with Crippen LogP contribution in [0, 0.1) is 6.92 Å². The molecule has 12 heteroatoms. The second-order valence-electron chi connectivity index (χ2n) is 9.01. The van der Waals surface area contributed by atoms with Gasteiger partial charge in [-0.3, -0.25) is 0 Å². The van der Waals surface area contributed by atoms with Gasteiger partial charge in [0.25, 0.3) is 0 Å². The topological polar surface area (TPSA) is 104 Å². The number of aryl methyl sites for hydroxylation is 1. The van der Waals surface area contributed by atoms with Gasteiger partial charge in [-0.25, -0.2) is 18.9 Å². The molecule has 1 aliphatic rings. The number of methoxy groups -OCH3 is 1. The molecule has 5 aromatic rings. The van der Waals surface area contributed by atoms with E-state index < -0.39 is 11.8 Å². The van der Waals surface area contributed by atoms with Crippen LogP contribution in [0.15, 0.2) is 28.8 Å². The van der Waals surface area contributed by atoms with E-state index in [4.69, 9.17) is 23.6 Å². The quantitative estimate of drug-likeness (QED) is 0.283. The smallest absolute Gasteiger partial charge is 0.212 e. The van der Waals surface area contributed by atoms with Gasteiger partial charge in [0.05, 0.1) is 24.4 Å². The lowest BCUT2D eigenvalue weighted by Crippen LogP contribution is -2.33. The summed E-state index contributed by atoms with van der Waals surface area (Å²) < 4.78 is 38.3. The normalized spacial score (nSPS) is 16.5. The van der Waals surface area contributed by atoms with E-state index in [1.54, 1.807) is 30.0 Å². The lowest BCUT2D eigenvalue weighted by atomic mass is 9.95. The van der Waals surface area contributed by atoms with Crippen LogP contribution in [-0.4, -0.2) is 45.0 Å². The molecule has 5 heterocycles. The van der Waals surface area contributed by atoms with E-state index >= 15 is 0 Å². The number of aliphatic hydroxyl groups is 1. The van der Waals surface area contributed by atoms with E-state index in [1.165, 1.54) is 29.6 Å². The number of ether oxygens (including phenoxy) is 3. The van der Waals surface area contributed by atoms with Crippen LogP contribution in [0.3, 0.4) is 0 Å². The molecule has 1 aromatic carbocycles. The van der Waals surface area contributed by atoms with Crippen molar-refractivity contribution in [1.82, 2.24) is 19.6 Å². The van der Waals surface area contributed by atoms with E-state index in [2.05, 4.69) is 10.1 Å². The number of hydrogen-bond donors (Lipinski definition) is 1. The first kappa shape index (κ1) is 24.3. The number of imidazole rings is 1. The molecule has 1 atom stereocenters. The van der Waals surface area contributed by atoms with Crippen molar-refractivity contribution in [3.05, 3.63) is 45.0 Å². The van der Waals surface area contributed by atoms with Gasteiger partial charge in [0, 0.05) is 43.1 Å². The Morgan fingerprint density at radius 2 is 2.03 bits per heavy atom. The molecule has 1 unspecified atom stereocenters. The highest BCUT2D eigenvalue weighted by molar-refractivity contribution is 7.16. The van der Waals surface area contributed by atoms with Crippen molar-refractivity contribution in [3.8, 4) is 23.0 Å². The number of alkyl halides is 1. The van der Waals surface area contributed by atoms with Crippen molar-refractivity contribution in [2.75, 3.05) is 20.3 Å². The maximum atomic E-state index is 13.6. The first-order chi connectivity index (χ1) is 17.8. The number of hydrogen-bond acceptors (Lipinski definition) is 10. The fraction of sp³-hybridized carbons (Fsp3) is 0.400. The summed E-state index contributed by atoms with van der Waals surface area (Å²) in [6, 6.07) is 5.45. The van der Waals surface area contributed by atoms with Gasteiger partial charge in [0.2, 0.25) is 4.96 Å². The van der Waals surface area contributed by atoms with Gasteiger partial charge < -0.3 is 23.7 Å². The van der Waals surface area contributed by atoms with Crippen LogP contribution in [0.1, 0.15) is 46.5 Å². The van der Waals surface area contributed by atoms with Crippen LogP contribution in [0.25, 0.3) is 27.4 Å². The number of nitrogens with zero attached hydrogens (tertiary/aromatic N) is 4. The third kappa shape index (κ3) is 4.48. The second-order valence-corrected chi connectivity index (χ2v) is 11.2. The lowest BCUT2D eigenvalue weighted by Gasteiger charge is -2.29. The van der Waals surface area contributed by atoms with Crippen molar-refractivity contribution < 1.29 is 28.1 Å². The lowest BCUT2D eigenvalue weighted by molar-refractivity contribution is -0.0681. The molecule has 0 radical (unpaired) electrons. The van der Waals surface area contributed by atoms with Crippen molar-refractivity contribution in [3.63, 3.8) is 0 Å². The van der Waals surface area contributed by atoms with E-state index in [9.17, 15) is 9.50 Å². The molecule has 9 nitrogen and oxygen atoms in total. The number of thiazole rings is 1. The molecule has 0 bridgehead atoms. The predicted octanol–water partition coefficient (Wildman–Crippen LogP) is 5.59. The molecule has 1 aliphatic heterocycles. The summed E-state index contributed by atoms with van der Waals surface area (Å²) in [5.41, 5.74) is 0.990. The highest BCUT2D eigenvalue weighted by Crippen LogP contribution is 2.39. The standard InChI is InChI=1S/C25H25FN4O5S2/c1-13(26)22-29-30-11-17(28-24(30)37-22)21-10-16-19(8-15(32-3)9-20(16)35-21)34-12-18-14(2)36-23(27-18)25(31)4-6-33-7-5-25/h8-11,13,31H,4-7,12H2,1-3H3. The Morgan fingerprint density at radius 3 is 2.76 bits per heavy atom. The highest BCUT2D eigenvalue weighted by Gasteiger charge is 2.35. The van der Waals surface area contributed by atoms with E-state index in [1.807, 2.05) is 13.0 Å². The van der Waals surface area contributed by atoms with E-state index in [-0.39, 0.29) is 6.61 Å². The molecule has 37 heavy (non-hydrogen) atoms. The van der Waals surface area contributed by atoms with Gasteiger partial charge in [-0.2, -0.15) is 5.10 Å². The highest BCUT2D eigenvalue weighted by atomic mass is 32.1. The van der Waals surface area contributed by atoms with Crippen LogP contribution < -0.4 is 9.47 Å².